The lowest BCUT2D eigenvalue weighted by Gasteiger charge is -2.32. The molecule has 0 saturated carbocycles. The molecule has 86 valence electrons. The second kappa shape index (κ2) is 5.99. The van der Waals surface area contributed by atoms with Crippen molar-refractivity contribution >= 4 is 0 Å². The van der Waals surface area contributed by atoms with Crippen LogP contribution < -0.4 is 5.73 Å². The minimum Gasteiger partial charge on any atom is -0.399 e. The van der Waals surface area contributed by atoms with Crippen molar-refractivity contribution in [3.05, 3.63) is 23.9 Å². The van der Waals surface area contributed by atoms with Crippen molar-refractivity contribution in [2.45, 2.75) is 58.8 Å². The summed E-state index contributed by atoms with van der Waals surface area (Å²) in [4.78, 5) is 0. The fourth-order valence-electron chi connectivity index (χ4n) is 2.28. The molecular formula is C14H25N. The third-order valence-corrected chi connectivity index (χ3v) is 3.43. The molecule has 0 radical (unpaired) electrons. The van der Waals surface area contributed by atoms with Gasteiger partial charge in [-0.25, -0.2) is 0 Å². The van der Waals surface area contributed by atoms with Crippen LogP contribution in [0.2, 0.25) is 0 Å². The van der Waals surface area contributed by atoms with Crippen LogP contribution >= 0.6 is 0 Å². The van der Waals surface area contributed by atoms with E-state index < -0.39 is 0 Å². The summed E-state index contributed by atoms with van der Waals surface area (Å²) in [6.07, 6.45) is 15.7. The van der Waals surface area contributed by atoms with Gasteiger partial charge in [0.1, 0.15) is 0 Å². The quantitative estimate of drug-likeness (QED) is 0.695. The molecule has 1 nitrogen and oxygen atoms in total. The van der Waals surface area contributed by atoms with E-state index in [-0.39, 0.29) is 0 Å². The molecular weight excluding hydrogens is 182 g/mol. The van der Waals surface area contributed by atoms with E-state index in [1.165, 1.54) is 38.5 Å². The number of hydrogen-bond donors (Lipinski definition) is 1. The highest BCUT2D eigenvalue weighted by Gasteiger charge is 2.26. The Balaban J connectivity index is 2.57. The van der Waals surface area contributed by atoms with E-state index in [0.29, 0.717) is 5.41 Å². The zero-order valence-electron chi connectivity index (χ0n) is 10.3. The van der Waals surface area contributed by atoms with Gasteiger partial charge in [-0.3, -0.25) is 0 Å². The molecule has 1 aliphatic rings. The molecule has 2 N–H and O–H groups in total. The SMILES string of the molecule is CCCCC1(CCCC)C=CC(N)=CC1. The summed E-state index contributed by atoms with van der Waals surface area (Å²) >= 11 is 0. The van der Waals surface area contributed by atoms with Crippen molar-refractivity contribution in [1.82, 2.24) is 0 Å². The zero-order valence-corrected chi connectivity index (χ0v) is 10.3. The molecule has 0 atom stereocenters. The van der Waals surface area contributed by atoms with Crippen molar-refractivity contribution in [1.29, 1.82) is 0 Å². The van der Waals surface area contributed by atoms with Crippen LogP contribution in [0.25, 0.3) is 0 Å². The highest BCUT2D eigenvalue weighted by molar-refractivity contribution is 5.23. The smallest absolute Gasteiger partial charge is 0.0270 e. The van der Waals surface area contributed by atoms with Crippen molar-refractivity contribution in [2.75, 3.05) is 0 Å². The Morgan fingerprint density at radius 3 is 2.20 bits per heavy atom. The summed E-state index contributed by atoms with van der Waals surface area (Å²) in [6.45, 7) is 4.54. The van der Waals surface area contributed by atoms with Crippen LogP contribution in [0.3, 0.4) is 0 Å². The van der Waals surface area contributed by atoms with E-state index in [0.717, 1.165) is 12.1 Å². The molecule has 0 heterocycles. The first-order valence-corrected chi connectivity index (χ1v) is 6.37. The van der Waals surface area contributed by atoms with Crippen molar-refractivity contribution in [3.63, 3.8) is 0 Å². The molecule has 0 bridgehead atoms. The lowest BCUT2D eigenvalue weighted by atomic mass is 9.73. The maximum Gasteiger partial charge on any atom is 0.0270 e. The first kappa shape index (κ1) is 12.4. The lowest BCUT2D eigenvalue weighted by Crippen LogP contribution is -2.20. The van der Waals surface area contributed by atoms with Crippen LogP contribution in [-0.2, 0) is 0 Å². The van der Waals surface area contributed by atoms with Crippen molar-refractivity contribution in [3.8, 4) is 0 Å². The third kappa shape index (κ3) is 3.73. The van der Waals surface area contributed by atoms with Gasteiger partial charge in [0.05, 0.1) is 0 Å². The second-order valence-corrected chi connectivity index (χ2v) is 4.81. The summed E-state index contributed by atoms with van der Waals surface area (Å²) in [5, 5.41) is 0. The van der Waals surface area contributed by atoms with Gasteiger partial charge >= 0.3 is 0 Å². The van der Waals surface area contributed by atoms with Crippen LogP contribution in [0, 0.1) is 5.41 Å². The fourth-order valence-corrected chi connectivity index (χ4v) is 2.28. The monoisotopic (exact) mass is 207 g/mol. The molecule has 0 unspecified atom stereocenters. The summed E-state index contributed by atoms with van der Waals surface area (Å²) in [7, 11) is 0. The first-order chi connectivity index (χ1) is 7.22. The Labute approximate surface area is 94.4 Å². The second-order valence-electron chi connectivity index (χ2n) is 4.81. The molecule has 0 amide bonds. The average molecular weight is 207 g/mol. The third-order valence-electron chi connectivity index (χ3n) is 3.43. The Morgan fingerprint density at radius 2 is 1.80 bits per heavy atom. The number of allylic oxidation sites excluding steroid dienone is 3. The molecule has 0 fully saturated rings. The molecule has 1 rings (SSSR count). The van der Waals surface area contributed by atoms with Crippen LogP contribution in [0.1, 0.15) is 58.8 Å². The van der Waals surface area contributed by atoms with Crippen molar-refractivity contribution in [2.24, 2.45) is 11.1 Å². The highest BCUT2D eigenvalue weighted by atomic mass is 14.6. The Bertz CT molecular complexity index is 230. The van der Waals surface area contributed by atoms with Crippen LogP contribution in [0.5, 0.6) is 0 Å². The molecule has 0 aromatic carbocycles. The highest BCUT2D eigenvalue weighted by Crippen LogP contribution is 2.39. The standard InChI is InChI=1S/C14H25N/c1-3-5-9-14(10-6-4-2)11-7-13(15)8-12-14/h7-8,11H,3-6,9-10,12,15H2,1-2H3. The van der Waals surface area contributed by atoms with E-state index in [9.17, 15) is 0 Å². The van der Waals surface area contributed by atoms with E-state index in [4.69, 9.17) is 5.73 Å². The average Bonchev–Trinajstić information content (AvgIpc) is 2.27. The predicted molar refractivity (Wildman–Crippen MR) is 67.5 cm³/mol. The van der Waals surface area contributed by atoms with Gasteiger partial charge in [0.15, 0.2) is 0 Å². The van der Waals surface area contributed by atoms with Gasteiger partial charge in [0.2, 0.25) is 0 Å². The Morgan fingerprint density at radius 1 is 1.20 bits per heavy atom. The minimum atomic E-state index is 0.425. The zero-order chi connectivity index (χ0) is 11.1. The molecule has 0 aliphatic heterocycles. The Hall–Kier alpha value is -0.720. The van der Waals surface area contributed by atoms with Gasteiger partial charge in [-0.2, -0.15) is 0 Å². The van der Waals surface area contributed by atoms with E-state index in [2.05, 4.69) is 32.1 Å². The van der Waals surface area contributed by atoms with Gasteiger partial charge in [0, 0.05) is 5.70 Å². The van der Waals surface area contributed by atoms with Crippen molar-refractivity contribution < 1.29 is 0 Å². The van der Waals surface area contributed by atoms with Gasteiger partial charge in [-0.15, -0.1) is 0 Å². The summed E-state index contributed by atoms with van der Waals surface area (Å²) in [6, 6.07) is 0. The van der Waals surface area contributed by atoms with Crippen LogP contribution in [-0.4, -0.2) is 0 Å². The summed E-state index contributed by atoms with van der Waals surface area (Å²) in [5.41, 5.74) is 7.16. The van der Waals surface area contributed by atoms with Crippen LogP contribution in [0.4, 0.5) is 0 Å². The Kier molecular flexibility index (Phi) is 4.93. The normalized spacial score (nSPS) is 18.9. The van der Waals surface area contributed by atoms with Gasteiger partial charge in [-0.05, 0) is 30.8 Å². The predicted octanol–water partition coefficient (Wildman–Crippen LogP) is 4.16. The topological polar surface area (TPSA) is 26.0 Å². The maximum atomic E-state index is 5.79. The van der Waals surface area contributed by atoms with Gasteiger partial charge in [-0.1, -0.05) is 51.7 Å². The first-order valence-electron chi connectivity index (χ1n) is 6.37. The number of unbranched alkanes of at least 4 members (excludes halogenated alkanes) is 2. The molecule has 1 heteroatoms. The van der Waals surface area contributed by atoms with Crippen LogP contribution in [0.15, 0.2) is 23.9 Å². The number of hydrogen-bond acceptors (Lipinski definition) is 1. The molecule has 0 saturated heterocycles. The van der Waals surface area contributed by atoms with E-state index in [1.807, 2.05) is 0 Å². The molecule has 0 aromatic rings. The van der Waals surface area contributed by atoms with E-state index in [1.54, 1.807) is 0 Å². The lowest BCUT2D eigenvalue weighted by molar-refractivity contribution is 0.303. The number of nitrogens with two attached hydrogens (primary N) is 1. The minimum absolute atomic E-state index is 0.425. The molecule has 15 heavy (non-hydrogen) atoms. The molecule has 0 aromatic heterocycles. The maximum absolute atomic E-state index is 5.79. The molecule has 1 aliphatic carbocycles. The van der Waals surface area contributed by atoms with Gasteiger partial charge in [0.25, 0.3) is 0 Å². The fraction of sp³-hybridized carbons (Fsp3) is 0.714. The van der Waals surface area contributed by atoms with Gasteiger partial charge < -0.3 is 5.73 Å². The van der Waals surface area contributed by atoms with E-state index >= 15 is 0 Å². The number of rotatable bonds is 6. The largest absolute Gasteiger partial charge is 0.399 e. The summed E-state index contributed by atoms with van der Waals surface area (Å²) < 4.78 is 0. The summed E-state index contributed by atoms with van der Waals surface area (Å²) in [5.74, 6) is 0. The molecule has 0 spiro atoms.